The monoisotopic (exact) mass is 456 g/mol. The third-order valence-electron chi connectivity index (χ3n) is 4.66. The van der Waals surface area contributed by atoms with Gasteiger partial charge in [-0.2, -0.15) is 4.31 Å². The van der Waals surface area contributed by atoms with Gasteiger partial charge >= 0.3 is 0 Å². The van der Waals surface area contributed by atoms with Crippen LogP contribution >= 0.6 is 23.2 Å². The van der Waals surface area contributed by atoms with E-state index in [1.807, 2.05) is 30.3 Å². The molecule has 0 unspecified atom stereocenters. The summed E-state index contributed by atoms with van der Waals surface area (Å²) in [7, 11) is -3.81. The summed E-state index contributed by atoms with van der Waals surface area (Å²) in [5.74, 6) is 0.770. The van der Waals surface area contributed by atoms with Gasteiger partial charge in [0, 0.05) is 32.6 Å². The smallest absolute Gasteiger partial charge is 0.246 e. The van der Waals surface area contributed by atoms with Crippen LogP contribution in [-0.2, 0) is 14.8 Å². The highest BCUT2D eigenvalue weighted by Crippen LogP contribution is 2.31. The van der Waals surface area contributed by atoms with Crippen molar-refractivity contribution in [3.05, 3.63) is 58.6 Å². The summed E-state index contributed by atoms with van der Waals surface area (Å²) in [4.78, 5) is 14.0. The molecule has 0 saturated carbocycles. The summed E-state index contributed by atoms with van der Waals surface area (Å²) in [6, 6.07) is 14.0. The third kappa shape index (κ3) is 5.42. The number of amides is 1. The highest BCUT2D eigenvalue weighted by Gasteiger charge is 2.32. The molecule has 1 saturated heterocycles. The zero-order chi connectivity index (χ0) is 20.9. The number of nitrogens with zero attached hydrogens (tertiary/aromatic N) is 2. The molecule has 0 radical (unpaired) electrons. The minimum absolute atomic E-state index is 0.00511. The summed E-state index contributed by atoms with van der Waals surface area (Å²) in [6.07, 6.45) is 0.956. The fourth-order valence-electron chi connectivity index (χ4n) is 3.12. The number of rotatable bonds is 7. The Balaban J connectivity index is 1.49. The topological polar surface area (TPSA) is 66.9 Å². The molecule has 2 aromatic rings. The van der Waals surface area contributed by atoms with Crippen molar-refractivity contribution in [1.29, 1.82) is 0 Å². The third-order valence-corrected chi connectivity index (χ3v) is 7.51. The van der Waals surface area contributed by atoms with Crippen molar-refractivity contribution in [3.63, 3.8) is 0 Å². The van der Waals surface area contributed by atoms with Crippen LogP contribution in [0.2, 0.25) is 10.0 Å². The molecular formula is C20H22Cl2N2O4S. The van der Waals surface area contributed by atoms with Crippen molar-refractivity contribution in [1.82, 2.24) is 9.21 Å². The van der Waals surface area contributed by atoms with Crippen LogP contribution in [0.3, 0.4) is 0 Å². The van der Waals surface area contributed by atoms with Crippen molar-refractivity contribution >= 4 is 39.1 Å². The molecule has 29 heavy (non-hydrogen) atoms. The van der Waals surface area contributed by atoms with Gasteiger partial charge in [0.2, 0.25) is 15.9 Å². The molecule has 1 fully saturated rings. The molecule has 3 rings (SSSR count). The molecule has 1 aliphatic rings. The average Bonchev–Trinajstić information content (AvgIpc) is 2.71. The summed E-state index contributed by atoms with van der Waals surface area (Å²) in [5, 5.41) is 0.184. The Labute approximate surface area is 181 Å². The lowest BCUT2D eigenvalue weighted by molar-refractivity contribution is -0.132. The number of hydrogen-bond donors (Lipinski definition) is 0. The Morgan fingerprint density at radius 1 is 0.931 bits per heavy atom. The van der Waals surface area contributed by atoms with Gasteiger partial charge in [-0.25, -0.2) is 8.42 Å². The molecule has 9 heteroatoms. The molecule has 1 amide bonds. The van der Waals surface area contributed by atoms with E-state index in [-0.39, 0.29) is 33.9 Å². The lowest BCUT2D eigenvalue weighted by Crippen LogP contribution is -2.50. The quantitative estimate of drug-likeness (QED) is 0.595. The molecule has 1 heterocycles. The number of halogens is 2. The Morgan fingerprint density at radius 3 is 2.17 bits per heavy atom. The number of para-hydroxylation sites is 1. The standard InChI is InChI=1S/C20H22Cl2N2O4S/c21-17-8-4-9-18(22)20(17)29(26,27)24-13-11-23(12-14-24)19(25)10-5-15-28-16-6-2-1-3-7-16/h1-4,6-9H,5,10-15H2. The van der Waals surface area contributed by atoms with Crippen molar-refractivity contribution in [3.8, 4) is 5.75 Å². The first-order chi connectivity index (χ1) is 13.9. The predicted octanol–water partition coefficient (Wildman–Crippen LogP) is 3.69. The van der Waals surface area contributed by atoms with E-state index in [0.717, 1.165) is 5.75 Å². The van der Waals surface area contributed by atoms with E-state index in [1.165, 1.54) is 16.4 Å². The number of piperazine rings is 1. The number of hydrogen-bond acceptors (Lipinski definition) is 4. The second-order valence-corrected chi connectivity index (χ2v) is 9.29. The van der Waals surface area contributed by atoms with E-state index in [2.05, 4.69) is 0 Å². The number of carbonyl (C=O) groups is 1. The lowest BCUT2D eigenvalue weighted by Gasteiger charge is -2.34. The fourth-order valence-corrected chi connectivity index (χ4v) is 5.64. The van der Waals surface area contributed by atoms with Crippen LogP contribution in [0.25, 0.3) is 0 Å². The van der Waals surface area contributed by atoms with E-state index >= 15 is 0 Å². The van der Waals surface area contributed by atoms with Crippen molar-refractivity contribution in [2.45, 2.75) is 17.7 Å². The molecule has 0 N–H and O–H groups in total. The molecule has 156 valence electrons. The van der Waals surface area contributed by atoms with E-state index < -0.39 is 10.0 Å². The van der Waals surface area contributed by atoms with E-state index in [4.69, 9.17) is 27.9 Å². The molecule has 6 nitrogen and oxygen atoms in total. The zero-order valence-electron chi connectivity index (χ0n) is 15.8. The Bertz CT molecular complexity index is 926. The molecule has 0 aliphatic carbocycles. The van der Waals surface area contributed by atoms with Crippen molar-refractivity contribution in [2.24, 2.45) is 0 Å². The summed E-state index contributed by atoms with van der Waals surface area (Å²) in [6.45, 7) is 1.53. The van der Waals surface area contributed by atoms with Gasteiger partial charge in [-0.1, -0.05) is 47.5 Å². The van der Waals surface area contributed by atoms with Crippen LogP contribution in [-0.4, -0.2) is 56.3 Å². The van der Waals surface area contributed by atoms with Crippen molar-refractivity contribution in [2.75, 3.05) is 32.8 Å². The van der Waals surface area contributed by atoms with Crippen LogP contribution < -0.4 is 4.74 Å². The molecule has 2 aromatic carbocycles. The van der Waals surface area contributed by atoms with Gasteiger partial charge in [0.25, 0.3) is 0 Å². The number of sulfonamides is 1. The summed E-state index contributed by atoms with van der Waals surface area (Å²) < 4.78 is 32.7. The maximum absolute atomic E-state index is 12.9. The zero-order valence-corrected chi connectivity index (χ0v) is 18.1. The SMILES string of the molecule is O=C(CCCOc1ccccc1)N1CCN(S(=O)(=O)c2c(Cl)cccc2Cl)CC1. The van der Waals surface area contributed by atoms with Gasteiger partial charge in [-0.15, -0.1) is 0 Å². The van der Waals surface area contributed by atoms with Crippen LogP contribution in [0.1, 0.15) is 12.8 Å². The maximum Gasteiger partial charge on any atom is 0.246 e. The minimum Gasteiger partial charge on any atom is -0.494 e. The molecular weight excluding hydrogens is 435 g/mol. The van der Waals surface area contributed by atoms with Gasteiger partial charge in [0.15, 0.2) is 0 Å². The number of benzene rings is 2. The lowest BCUT2D eigenvalue weighted by atomic mass is 10.2. The largest absolute Gasteiger partial charge is 0.494 e. The van der Waals surface area contributed by atoms with Crippen LogP contribution in [0, 0.1) is 0 Å². The number of ether oxygens (including phenoxy) is 1. The van der Waals surface area contributed by atoms with E-state index in [1.54, 1.807) is 11.0 Å². The fraction of sp³-hybridized carbons (Fsp3) is 0.350. The minimum atomic E-state index is -3.81. The highest BCUT2D eigenvalue weighted by molar-refractivity contribution is 7.89. The van der Waals surface area contributed by atoms with Crippen LogP contribution in [0.5, 0.6) is 5.75 Å². The Kier molecular flexibility index (Phi) is 7.40. The van der Waals surface area contributed by atoms with Gasteiger partial charge in [-0.05, 0) is 30.7 Å². The molecule has 0 atom stereocenters. The van der Waals surface area contributed by atoms with E-state index in [0.29, 0.717) is 32.5 Å². The second kappa shape index (κ2) is 9.80. The normalized spacial score (nSPS) is 15.3. The Morgan fingerprint density at radius 2 is 1.55 bits per heavy atom. The first-order valence-electron chi connectivity index (χ1n) is 9.29. The Hall–Kier alpha value is -1.80. The van der Waals surface area contributed by atoms with Gasteiger partial charge in [-0.3, -0.25) is 4.79 Å². The van der Waals surface area contributed by atoms with Gasteiger partial charge in [0.05, 0.1) is 16.7 Å². The molecule has 0 aromatic heterocycles. The van der Waals surface area contributed by atoms with Crippen LogP contribution in [0.15, 0.2) is 53.4 Å². The summed E-state index contributed by atoms with van der Waals surface area (Å²) >= 11 is 12.1. The first-order valence-corrected chi connectivity index (χ1v) is 11.5. The van der Waals surface area contributed by atoms with Gasteiger partial charge < -0.3 is 9.64 Å². The maximum atomic E-state index is 12.9. The van der Waals surface area contributed by atoms with Crippen molar-refractivity contribution < 1.29 is 17.9 Å². The average molecular weight is 457 g/mol. The molecule has 0 spiro atoms. The molecule has 0 bridgehead atoms. The van der Waals surface area contributed by atoms with Gasteiger partial charge in [0.1, 0.15) is 10.6 Å². The van der Waals surface area contributed by atoms with Crippen LogP contribution in [0.4, 0.5) is 0 Å². The number of carbonyl (C=O) groups excluding carboxylic acids is 1. The summed E-state index contributed by atoms with van der Waals surface area (Å²) in [5.41, 5.74) is 0. The highest BCUT2D eigenvalue weighted by atomic mass is 35.5. The predicted molar refractivity (Wildman–Crippen MR) is 113 cm³/mol. The first kappa shape index (κ1) is 21.9. The van der Waals surface area contributed by atoms with E-state index in [9.17, 15) is 13.2 Å². The second-order valence-electron chi connectivity index (χ2n) is 6.60. The molecule has 1 aliphatic heterocycles.